The lowest BCUT2D eigenvalue weighted by atomic mass is 10.1. The van der Waals surface area contributed by atoms with Gasteiger partial charge >= 0.3 is 13.8 Å². The highest BCUT2D eigenvalue weighted by molar-refractivity contribution is 7.47. The van der Waals surface area contributed by atoms with Crippen molar-refractivity contribution in [3.05, 3.63) is 0 Å². The number of ether oxygens (including phenoxy) is 1. The van der Waals surface area contributed by atoms with Gasteiger partial charge in [-0.25, -0.2) is 4.57 Å². The zero-order valence-corrected chi connectivity index (χ0v) is 18.7. The Bertz CT molecular complexity index is 489. The summed E-state index contributed by atoms with van der Waals surface area (Å²) in [4.78, 5) is 31.7. The molecule has 0 rings (SSSR count). The lowest BCUT2D eigenvalue weighted by Crippen LogP contribution is -2.25. The van der Waals surface area contributed by atoms with E-state index in [4.69, 9.17) is 4.74 Å². The molecule has 0 heterocycles. The zero-order valence-electron chi connectivity index (χ0n) is 17.8. The first-order valence-electron chi connectivity index (χ1n) is 10.5. The van der Waals surface area contributed by atoms with Crippen LogP contribution in [0.2, 0.25) is 0 Å². The second kappa shape index (κ2) is 17.8. The van der Waals surface area contributed by atoms with Crippen LogP contribution in [0.15, 0.2) is 0 Å². The number of phosphoric ester groups is 1. The van der Waals surface area contributed by atoms with E-state index in [-0.39, 0.29) is 32.1 Å². The SMILES string of the molecule is CCCCCCCCCCCC(=O)OCC(O)COP(=O)(O)OCCNC(C)=O. The first-order valence-corrected chi connectivity index (χ1v) is 12.0. The first-order chi connectivity index (χ1) is 13.8. The summed E-state index contributed by atoms with van der Waals surface area (Å²) in [6, 6.07) is 0. The molecule has 2 atom stereocenters. The second-order valence-corrected chi connectivity index (χ2v) is 8.45. The van der Waals surface area contributed by atoms with Crippen LogP contribution in [0.4, 0.5) is 0 Å². The average molecular weight is 439 g/mol. The van der Waals surface area contributed by atoms with Crippen LogP contribution >= 0.6 is 7.82 Å². The number of aliphatic hydroxyl groups excluding tert-OH is 1. The molecule has 0 fully saturated rings. The third kappa shape index (κ3) is 20.1. The smallest absolute Gasteiger partial charge is 0.463 e. The number of rotatable bonds is 19. The molecule has 0 saturated heterocycles. The van der Waals surface area contributed by atoms with Gasteiger partial charge in [0.2, 0.25) is 5.91 Å². The summed E-state index contributed by atoms with van der Waals surface area (Å²) >= 11 is 0. The van der Waals surface area contributed by atoms with Gasteiger partial charge in [-0.05, 0) is 6.42 Å². The third-order valence-electron chi connectivity index (χ3n) is 4.08. The summed E-state index contributed by atoms with van der Waals surface area (Å²) < 4.78 is 25.8. The van der Waals surface area contributed by atoms with Crippen molar-refractivity contribution in [2.45, 2.75) is 84.2 Å². The summed E-state index contributed by atoms with van der Waals surface area (Å²) in [5, 5.41) is 12.1. The normalized spacial score (nSPS) is 14.2. The number of hydrogen-bond acceptors (Lipinski definition) is 7. The van der Waals surface area contributed by atoms with E-state index in [1.54, 1.807) is 0 Å². The van der Waals surface area contributed by atoms with Crippen molar-refractivity contribution in [3.8, 4) is 0 Å². The number of carbonyl (C=O) groups is 2. The Morgan fingerprint density at radius 2 is 1.55 bits per heavy atom. The van der Waals surface area contributed by atoms with Crippen LogP contribution in [0.5, 0.6) is 0 Å². The molecule has 0 aromatic carbocycles. The summed E-state index contributed by atoms with van der Waals surface area (Å²) in [5.74, 6) is -0.701. The van der Waals surface area contributed by atoms with Gasteiger partial charge in [-0.2, -0.15) is 0 Å². The molecule has 0 aliphatic heterocycles. The number of amides is 1. The molecule has 0 bridgehead atoms. The van der Waals surface area contributed by atoms with E-state index in [1.807, 2.05) is 0 Å². The van der Waals surface area contributed by atoms with E-state index in [9.17, 15) is 24.2 Å². The summed E-state index contributed by atoms with van der Waals surface area (Å²) in [6.45, 7) is 2.52. The van der Waals surface area contributed by atoms with Crippen LogP contribution in [-0.4, -0.2) is 54.3 Å². The third-order valence-corrected chi connectivity index (χ3v) is 5.07. The fraction of sp³-hybridized carbons (Fsp3) is 0.895. The number of aliphatic hydroxyl groups is 1. The largest absolute Gasteiger partial charge is 0.472 e. The molecular weight excluding hydrogens is 401 g/mol. The van der Waals surface area contributed by atoms with Crippen LogP contribution in [0, 0.1) is 0 Å². The summed E-state index contributed by atoms with van der Waals surface area (Å²) in [5.41, 5.74) is 0. The van der Waals surface area contributed by atoms with Crippen LogP contribution < -0.4 is 5.32 Å². The van der Waals surface area contributed by atoms with Crippen molar-refractivity contribution in [2.75, 3.05) is 26.4 Å². The van der Waals surface area contributed by atoms with Gasteiger partial charge < -0.3 is 20.1 Å². The van der Waals surface area contributed by atoms with E-state index < -0.39 is 26.5 Å². The van der Waals surface area contributed by atoms with Crippen LogP contribution in [0.3, 0.4) is 0 Å². The second-order valence-electron chi connectivity index (χ2n) is 7.00. The topological polar surface area (TPSA) is 131 Å². The maximum Gasteiger partial charge on any atom is 0.472 e. The number of phosphoric acid groups is 1. The maximum atomic E-state index is 11.6. The average Bonchev–Trinajstić information content (AvgIpc) is 2.67. The van der Waals surface area contributed by atoms with E-state index in [0.29, 0.717) is 0 Å². The Labute approximate surface area is 174 Å². The monoisotopic (exact) mass is 439 g/mol. The lowest BCUT2D eigenvalue weighted by molar-refractivity contribution is -0.147. The molecule has 9 nitrogen and oxygen atoms in total. The highest BCUT2D eigenvalue weighted by atomic mass is 31.2. The molecule has 0 aliphatic carbocycles. The highest BCUT2D eigenvalue weighted by Crippen LogP contribution is 2.42. The quantitative estimate of drug-likeness (QED) is 0.159. The standard InChI is InChI=1S/C19H38NO8P/c1-3-4-5-6-7-8-9-10-11-12-19(23)26-15-18(22)16-28-29(24,25)27-14-13-20-17(2)21/h18,22H,3-16H2,1-2H3,(H,20,21)(H,24,25). The molecule has 0 spiro atoms. The van der Waals surface area contributed by atoms with Crippen LogP contribution in [0.1, 0.15) is 78.1 Å². The fourth-order valence-corrected chi connectivity index (χ4v) is 3.25. The van der Waals surface area contributed by atoms with E-state index >= 15 is 0 Å². The molecule has 0 aromatic heterocycles. The van der Waals surface area contributed by atoms with Crippen molar-refractivity contribution >= 4 is 19.7 Å². The molecule has 0 aliphatic rings. The molecule has 0 aromatic rings. The van der Waals surface area contributed by atoms with Gasteiger partial charge in [-0.1, -0.05) is 58.3 Å². The van der Waals surface area contributed by atoms with Gasteiger partial charge in [0.1, 0.15) is 12.7 Å². The van der Waals surface area contributed by atoms with Crippen molar-refractivity contribution in [3.63, 3.8) is 0 Å². The van der Waals surface area contributed by atoms with Crippen molar-refractivity contribution in [1.29, 1.82) is 0 Å². The van der Waals surface area contributed by atoms with Crippen LogP contribution in [-0.2, 0) is 27.9 Å². The van der Waals surface area contributed by atoms with Gasteiger partial charge in [0, 0.05) is 19.9 Å². The molecular formula is C19H38NO8P. The predicted octanol–water partition coefficient (Wildman–Crippen LogP) is 3.08. The Kier molecular flexibility index (Phi) is 17.2. The minimum Gasteiger partial charge on any atom is -0.463 e. The molecule has 0 saturated carbocycles. The van der Waals surface area contributed by atoms with Crippen molar-refractivity contribution in [1.82, 2.24) is 5.32 Å². The van der Waals surface area contributed by atoms with E-state index in [1.165, 1.54) is 45.4 Å². The molecule has 3 N–H and O–H groups in total. The number of hydrogen-bond donors (Lipinski definition) is 3. The lowest BCUT2D eigenvalue weighted by Gasteiger charge is -2.15. The van der Waals surface area contributed by atoms with E-state index in [0.717, 1.165) is 19.3 Å². The van der Waals surface area contributed by atoms with Crippen LogP contribution in [0.25, 0.3) is 0 Å². The molecule has 10 heteroatoms. The van der Waals surface area contributed by atoms with Crippen molar-refractivity contribution < 1.29 is 37.9 Å². The van der Waals surface area contributed by atoms with E-state index in [2.05, 4.69) is 21.3 Å². The Morgan fingerprint density at radius 3 is 2.14 bits per heavy atom. The Hall–Kier alpha value is -0.990. The number of esters is 1. The Morgan fingerprint density at radius 1 is 0.966 bits per heavy atom. The molecule has 172 valence electrons. The molecule has 1 amide bonds. The zero-order chi connectivity index (χ0) is 22.0. The summed E-state index contributed by atoms with van der Waals surface area (Å²) in [6.07, 6.45) is 9.40. The Balaban J connectivity index is 3.65. The maximum absolute atomic E-state index is 11.6. The highest BCUT2D eigenvalue weighted by Gasteiger charge is 2.23. The minimum atomic E-state index is -4.34. The van der Waals surface area contributed by atoms with Gasteiger partial charge in [0.15, 0.2) is 0 Å². The van der Waals surface area contributed by atoms with Gasteiger partial charge in [0.05, 0.1) is 13.2 Å². The first kappa shape index (κ1) is 28.0. The minimum absolute atomic E-state index is 0.0578. The molecule has 0 radical (unpaired) electrons. The molecule has 2 unspecified atom stereocenters. The number of nitrogens with one attached hydrogen (secondary N) is 1. The van der Waals surface area contributed by atoms with Gasteiger partial charge in [0.25, 0.3) is 0 Å². The predicted molar refractivity (Wildman–Crippen MR) is 109 cm³/mol. The summed E-state index contributed by atoms with van der Waals surface area (Å²) in [7, 11) is -4.34. The number of carbonyl (C=O) groups excluding carboxylic acids is 2. The number of unbranched alkanes of at least 4 members (excludes halogenated alkanes) is 8. The fourth-order valence-electron chi connectivity index (χ4n) is 2.49. The van der Waals surface area contributed by atoms with Gasteiger partial charge in [-0.3, -0.25) is 18.6 Å². The van der Waals surface area contributed by atoms with Gasteiger partial charge in [-0.15, -0.1) is 0 Å². The van der Waals surface area contributed by atoms with Crippen molar-refractivity contribution in [2.24, 2.45) is 0 Å². The molecule has 29 heavy (non-hydrogen) atoms.